The first-order valence-corrected chi connectivity index (χ1v) is 9.79. The number of nitrogens with one attached hydrogen (secondary N) is 1. The van der Waals surface area contributed by atoms with Gasteiger partial charge < -0.3 is 10.5 Å². The zero-order chi connectivity index (χ0) is 18.9. The second kappa shape index (κ2) is 10.1. The highest BCUT2D eigenvalue weighted by atomic mass is 33.1. The van der Waals surface area contributed by atoms with Gasteiger partial charge in [-0.05, 0) is 42.0 Å². The number of hydrogen-bond acceptors (Lipinski definition) is 5. The number of carbonyl (C=O) groups is 1. The molecule has 0 unspecified atom stereocenters. The molecule has 0 saturated heterocycles. The molecule has 0 bridgehead atoms. The fourth-order valence-corrected chi connectivity index (χ4v) is 3.87. The van der Waals surface area contributed by atoms with Crippen LogP contribution in [-0.2, 0) is 11.2 Å². The molecular formula is C17H15F3N2O2S2. The summed E-state index contributed by atoms with van der Waals surface area (Å²) in [6.45, 7) is 0.300. The van der Waals surface area contributed by atoms with Gasteiger partial charge >= 0.3 is 0 Å². The number of oxime groups is 1. The summed E-state index contributed by atoms with van der Waals surface area (Å²) >= 11 is 0. The van der Waals surface area contributed by atoms with Crippen LogP contribution in [0.3, 0.4) is 0 Å². The molecule has 26 heavy (non-hydrogen) atoms. The van der Waals surface area contributed by atoms with Crippen molar-refractivity contribution in [2.75, 3.05) is 12.3 Å². The Hall–Kier alpha value is -2.13. The third-order valence-electron chi connectivity index (χ3n) is 3.12. The van der Waals surface area contributed by atoms with Crippen molar-refractivity contribution < 1.29 is 23.2 Å². The number of rotatable bonds is 8. The van der Waals surface area contributed by atoms with Gasteiger partial charge in [0.25, 0.3) is 5.91 Å². The third-order valence-corrected chi connectivity index (χ3v) is 5.50. The van der Waals surface area contributed by atoms with Crippen molar-refractivity contribution in [2.24, 2.45) is 5.16 Å². The van der Waals surface area contributed by atoms with Crippen LogP contribution >= 0.6 is 21.6 Å². The van der Waals surface area contributed by atoms with Crippen molar-refractivity contribution in [1.82, 2.24) is 5.32 Å². The molecule has 0 fully saturated rings. The zero-order valence-corrected chi connectivity index (χ0v) is 15.0. The van der Waals surface area contributed by atoms with Gasteiger partial charge in [0, 0.05) is 29.7 Å². The number of carbonyl (C=O) groups excluding carboxylic acids is 1. The molecule has 2 rings (SSSR count). The van der Waals surface area contributed by atoms with E-state index in [2.05, 4.69) is 10.5 Å². The molecule has 0 heterocycles. The normalized spacial score (nSPS) is 11.4. The lowest BCUT2D eigenvalue weighted by Crippen LogP contribution is -2.33. The van der Waals surface area contributed by atoms with Crippen molar-refractivity contribution in [3.05, 3.63) is 65.5 Å². The lowest BCUT2D eigenvalue weighted by molar-refractivity contribution is -0.114. The summed E-state index contributed by atoms with van der Waals surface area (Å²) in [7, 11) is 2.90. The number of halogens is 3. The Morgan fingerprint density at radius 2 is 1.69 bits per heavy atom. The van der Waals surface area contributed by atoms with Crippen LogP contribution < -0.4 is 5.32 Å². The summed E-state index contributed by atoms with van der Waals surface area (Å²) in [6.07, 6.45) is -0.200. The molecule has 2 aromatic carbocycles. The van der Waals surface area contributed by atoms with Crippen LogP contribution in [0.25, 0.3) is 0 Å². The molecular weight excluding hydrogens is 385 g/mol. The molecule has 4 nitrogen and oxygen atoms in total. The predicted molar refractivity (Wildman–Crippen MR) is 97.0 cm³/mol. The minimum absolute atomic E-state index is 0.187. The van der Waals surface area contributed by atoms with Crippen LogP contribution in [0.1, 0.15) is 5.56 Å². The highest BCUT2D eigenvalue weighted by Crippen LogP contribution is 2.30. The Labute approximate surface area is 156 Å². The monoisotopic (exact) mass is 400 g/mol. The predicted octanol–water partition coefficient (Wildman–Crippen LogP) is 4.03. The van der Waals surface area contributed by atoms with Crippen LogP contribution in [0, 0.1) is 17.5 Å². The van der Waals surface area contributed by atoms with Crippen molar-refractivity contribution in [3.8, 4) is 0 Å². The Bertz CT molecular complexity index is 766. The number of amides is 1. The van der Waals surface area contributed by atoms with Gasteiger partial charge in [0.05, 0.1) is 0 Å². The first-order valence-electron chi connectivity index (χ1n) is 7.47. The molecule has 9 heteroatoms. The molecule has 0 aliphatic carbocycles. The molecule has 0 aliphatic rings. The average molecular weight is 400 g/mol. The fourth-order valence-electron chi connectivity index (χ4n) is 1.98. The summed E-state index contributed by atoms with van der Waals surface area (Å²) in [5.41, 5.74) is -0.0575. The van der Waals surface area contributed by atoms with E-state index < -0.39 is 17.5 Å². The van der Waals surface area contributed by atoms with E-state index in [1.165, 1.54) is 33.7 Å². The summed E-state index contributed by atoms with van der Waals surface area (Å²) < 4.78 is 39.1. The van der Waals surface area contributed by atoms with Crippen LogP contribution in [0.15, 0.2) is 52.5 Å². The van der Waals surface area contributed by atoms with Crippen LogP contribution in [0.5, 0.6) is 0 Å². The lowest BCUT2D eigenvalue weighted by Gasteiger charge is -2.07. The van der Waals surface area contributed by atoms with E-state index >= 15 is 0 Å². The van der Waals surface area contributed by atoms with Crippen molar-refractivity contribution in [3.63, 3.8) is 0 Å². The van der Waals surface area contributed by atoms with E-state index in [1.807, 2.05) is 0 Å². The topological polar surface area (TPSA) is 61.7 Å². The molecule has 0 spiro atoms. The average Bonchev–Trinajstić information content (AvgIpc) is 2.60. The van der Waals surface area contributed by atoms with Gasteiger partial charge in [-0.25, -0.2) is 13.2 Å². The van der Waals surface area contributed by atoms with Gasteiger partial charge in [0.1, 0.15) is 23.2 Å². The minimum Gasteiger partial charge on any atom is -0.410 e. The molecule has 1 amide bonds. The molecule has 0 aliphatic heterocycles. The van der Waals surface area contributed by atoms with Gasteiger partial charge in [-0.2, -0.15) is 0 Å². The van der Waals surface area contributed by atoms with Gasteiger partial charge in [0.15, 0.2) is 0 Å². The Morgan fingerprint density at radius 1 is 1.04 bits per heavy atom. The van der Waals surface area contributed by atoms with E-state index in [0.29, 0.717) is 12.3 Å². The summed E-state index contributed by atoms with van der Waals surface area (Å²) in [5.74, 6) is -1.91. The van der Waals surface area contributed by atoms with Gasteiger partial charge in [-0.15, -0.1) is 0 Å². The SMILES string of the molecule is O=C(NCCSSc1ccc(F)cc1)/C(Cc1cc(F)cc(F)c1)=N/O. The standard InChI is InChI=1S/C17H15F3N2O2S2/c18-12-1-3-15(4-2-12)26-25-6-5-21-17(23)16(22-24)9-11-7-13(19)10-14(20)8-11/h1-4,7-8,10,24H,5-6,9H2,(H,21,23)/b22-16+. The van der Waals surface area contributed by atoms with E-state index in [4.69, 9.17) is 5.21 Å². The van der Waals surface area contributed by atoms with Crippen molar-refractivity contribution in [2.45, 2.75) is 11.3 Å². The van der Waals surface area contributed by atoms with Crippen molar-refractivity contribution >= 4 is 33.2 Å². The smallest absolute Gasteiger partial charge is 0.269 e. The molecule has 0 radical (unpaired) electrons. The van der Waals surface area contributed by atoms with Crippen LogP contribution in [0.4, 0.5) is 13.2 Å². The van der Waals surface area contributed by atoms with Gasteiger partial charge in [0.2, 0.25) is 0 Å². The number of nitrogens with zero attached hydrogens (tertiary/aromatic N) is 1. The summed E-state index contributed by atoms with van der Waals surface area (Å²) in [4.78, 5) is 12.9. The van der Waals surface area contributed by atoms with Gasteiger partial charge in [-0.1, -0.05) is 26.7 Å². The molecule has 0 atom stereocenters. The quantitative estimate of drug-likeness (QED) is 0.231. The fraction of sp³-hybridized carbons (Fsp3) is 0.176. The Morgan fingerprint density at radius 3 is 2.31 bits per heavy atom. The third kappa shape index (κ3) is 6.64. The second-order valence-corrected chi connectivity index (χ2v) is 7.61. The van der Waals surface area contributed by atoms with E-state index in [0.717, 1.165) is 23.1 Å². The molecule has 2 aromatic rings. The largest absolute Gasteiger partial charge is 0.410 e. The van der Waals surface area contributed by atoms with Crippen LogP contribution in [-0.4, -0.2) is 29.1 Å². The summed E-state index contributed by atoms with van der Waals surface area (Å²) in [5, 5.41) is 14.4. The number of benzene rings is 2. The lowest BCUT2D eigenvalue weighted by atomic mass is 10.1. The maximum absolute atomic E-state index is 13.2. The Kier molecular flexibility index (Phi) is 7.86. The maximum Gasteiger partial charge on any atom is 0.269 e. The van der Waals surface area contributed by atoms with E-state index in [9.17, 15) is 18.0 Å². The molecule has 138 valence electrons. The highest BCUT2D eigenvalue weighted by molar-refractivity contribution is 8.76. The van der Waals surface area contributed by atoms with Crippen LogP contribution in [0.2, 0.25) is 0 Å². The van der Waals surface area contributed by atoms with E-state index in [-0.39, 0.29) is 23.5 Å². The second-order valence-electron chi connectivity index (χ2n) is 5.12. The zero-order valence-electron chi connectivity index (χ0n) is 13.4. The molecule has 2 N–H and O–H groups in total. The molecule has 0 aromatic heterocycles. The molecule has 0 saturated carbocycles. The van der Waals surface area contributed by atoms with E-state index in [1.54, 1.807) is 12.1 Å². The minimum atomic E-state index is -0.771. The maximum atomic E-state index is 13.2. The first kappa shape index (κ1) is 20.2. The van der Waals surface area contributed by atoms with Gasteiger partial charge in [-0.3, -0.25) is 4.79 Å². The van der Waals surface area contributed by atoms with Crippen molar-refractivity contribution in [1.29, 1.82) is 0 Å². The first-order chi connectivity index (χ1) is 12.5. The highest BCUT2D eigenvalue weighted by Gasteiger charge is 2.14. The summed E-state index contributed by atoms with van der Waals surface area (Å²) in [6, 6.07) is 8.89. The number of hydrogen-bond donors (Lipinski definition) is 2. The Balaban J connectivity index is 1.75.